The maximum atomic E-state index is 13.3. The van der Waals surface area contributed by atoms with Gasteiger partial charge in [-0.2, -0.15) is 0 Å². The minimum atomic E-state index is -0.795. The molecule has 4 atom stereocenters. The van der Waals surface area contributed by atoms with Crippen LogP contribution >= 0.6 is 0 Å². The summed E-state index contributed by atoms with van der Waals surface area (Å²) in [6.07, 6.45) is 6.47. The van der Waals surface area contributed by atoms with E-state index in [1.54, 1.807) is 6.92 Å². The number of cyclic esters (lactones) is 1. The van der Waals surface area contributed by atoms with Crippen LogP contribution in [0.2, 0.25) is 0 Å². The number of amides is 2. The van der Waals surface area contributed by atoms with Gasteiger partial charge in [0.15, 0.2) is 0 Å². The van der Waals surface area contributed by atoms with Crippen molar-refractivity contribution >= 4 is 34.6 Å². The molecule has 214 valence electrons. The molecule has 2 aliphatic heterocycles. The highest BCUT2D eigenvalue weighted by Gasteiger charge is 2.34. The molecule has 2 amide bonds. The fourth-order valence-corrected chi connectivity index (χ4v) is 4.86. The number of rotatable bonds is 1. The maximum Gasteiger partial charge on any atom is 0.325 e. The number of ether oxygens (including phenoxy) is 1. The minimum absolute atomic E-state index is 0.0638. The van der Waals surface area contributed by atoms with Crippen LogP contribution in [-0.2, 0) is 19.1 Å². The van der Waals surface area contributed by atoms with Gasteiger partial charge >= 0.3 is 5.97 Å². The number of hydrazine groups is 1. The average Bonchev–Trinajstić information content (AvgIpc) is 2.92. The van der Waals surface area contributed by atoms with Gasteiger partial charge in [-0.25, -0.2) is 5.43 Å². The van der Waals surface area contributed by atoms with Gasteiger partial charge in [-0.1, -0.05) is 52.5 Å². The van der Waals surface area contributed by atoms with Crippen molar-refractivity contribution in [3.8, 4) is 0 Å². The van der Waals surface area contributed by atoms with Gasteiger partial charge in [0.25, 0.3) is 5.91 Å². The number of carbonyl (C=O) groups excluding carboxylic acids is 3. The number of benzene rings is 1. The van der Waals surface area contributed by atoms with Crippen molar-refractivity contribution in [1.82, 2.24) is 26.1 Å². The molecule has 0 saturated carbocycles. The lowest BCUT2D eigenvalue weighted by Crippen LogP contribution is -2.60. The van der Waals surface area contributed by atoms with Crippen LogP contribution in [0.15, 0.2) is 48.8 Å². The number of nitrogens with one attached hydrogen (secondary N) is 3. The third-order valence-electron chi connectivity index (χ3n) is 7.72. The number of hydrogen-bond donors (Lipinski definition) is 3. The molecule has 0 unspecified atom stereocenters. The summed E-state index contributed by atoms with van der Waals surface area (Å²) >= 11 is 0. The summed E-state index contributed by atoms with van der Waals surface area (Å²) < 4.78 is 5.82. The van der Waals surface area contributed by atoms with Gasteiger partial charge in [0.2, 0.25) is 5.91 Å². The summed E-state index contributed by atoms with van der Waals surface area (Å²) in [6.45, 7) is 16.1. The number of pyridine rings is 1. The minimum Gasteiger partial charge on any atom is -0.457 e. The number of fused-ring (bicyclic) bond motifs is 4. The Bertz CT molecular complexity index is 1330. The number of nitrogens with zero attached hydrogens (tertiary/aromatic N) is 2. The van der Waals surface area contributed by atoms with E-state index in [0.29, 0.717) is 25.1 Å². The standard InChI is InChI=1S/C31H41N5O4/c1-18(2)27-28(37)33-19(3)29(38)36-14-8-9-26(35-36)30(39)40-20(4)22-10-11-23-17-32-25(16-24(23)15-22)12-13-31(6,7)21(5)34-27/h10-13,15-20,26-27,34-35H,5,8-9,14H2,1-4,6-7H3,(H,33,37)/b13-12+/t19-,20+,26-,27-/m0/s1. The highest BCUT2D eigenvalue weighted by Crippen LogP contribution is 2.28. The Morgan fingerprint density at radius 1 is 1.10 bits per heavy atom. The second-order valence-corrected chi connectivity index (χ2v) is 11.7. The molecule has 2 aliphatic rings. The fourth-order valence-electron chi connectivity index (χ4n) is 4.86. The van der Waals surface area contributed by atoms with Crippen molar-refractivity contribution in [2.45, 2.75) is 78.6 Å². The van der Waals surface area contributed by atoms with Crippen molar-refractivity contribution in [2.75, 3.05) is 6.54 Å². The SMILES string of the molecule is C=C1N[C@@H](C(C)C)C(=O)N[C@@H](C)C(=O)N2CCC[C@H](N2)C(=O)O[C@H](C)c2ccc3cnc(cc3c2)/C=C/C1(C)C. The van der Waals surface area contributed by atoms with E-state index >= 15 is 0 Å². The second kappa shape index (κ2) is 11.8. The van der Waals surface area contributed by atoms with E-state index in [4.69, 9.17) is 4.74 Å². The Kier molecular flexibility index (Phi) is 8.63. The van der Waals surface area contributed by atoms with E-state index in [2.05, 4.69) is 27.6 Å². The van der Waals surface area contributed by atoms with Crippen molar-refractivity contribution in [2.24, 2.45) is 11.3 Å². The predicted molar refractivity (Wildman–Crippen MR) is 155 cm³/mol. The molecule has 1 aromatic heterocycles. The van der Waals surface area contributed by atoms with E-state index < -0.39 is 35.6 Å². The summed E-state index contributed by atoms with van der Waals surface area (Å²) in [5, 5.41) is 9.54. The van der Waals surface area contributed by atoms with Crippen molar-refractivity contribution in [1.29, 1.82) is 0 Å². The van der Waals surface area contributed by atoms with Crippen LogP contribution < -0.4 is 16.1 Å². The van der Waals surface area contributed by atoms with E-state index in [1.165, 1.54) is 5.01 Å². The van der Waals surface area contributed by atoms with Crippen LogP contribution in [-0.4, -0.2) is 52.4 Å². The molecule has 1 aromatic carbocycles. The van der Waals surface area contributed by atoms with E-state index in [-0.39, 0.29) is 17.7 Å². The van der Waals surface area contributed by atoms with Crippen LogP contribution in [0.3, 0.4) is 0 Å². The molecule has 0 radical (unpaired) electrons. The zero-order valence-electron chi connectivity index (χ0n) is 24.3. The zero-order chi connectivity index (χ0) is 29.2. The molecular weight excluding hydrogens is 506 g/mol. The topological polar surface area (TPSA) is 113 Å². The molecule has 3 N–H and O–H groups in total. The quantitative estimate of drug-likeness (QED) is 0.462. The van der Waals surface area contributed by atoms with Crippen LogP contribution in [0, 0.1) is 11.3 Å². The van der Waals surface area contributed by atoms with Gasteiger partial charge in [0, 0.05) is 29.2 Å². The molecule has 1 fully saturated rings. The first-order valence-corrected chi connectivity index (χ1v) is 14.0. The Balaban J connectivity index is 1.70. The highest BCUT2D eigenvalue weighted by molar-refractivity contribution is 5.90. The molecule has 0 spiro atoms. The van der Waals surface area contributed by atoms with Gasteiger partial charge in [-0.05, 0) is 61.8 Å². The van der Waals surface area contributed by atoms with E-state index in [0.717, 1.165) is 22.0 Å². The normalized spacial score (nSPS) is 27.2. The van der Waals surface area contributed by atoms with Gasteiger partial charge < -0.3 is 15.4 Å². The largest absolute Gasteiger partial charge is 0.457 e. The lowest BCUT2D eigenvalue weighted by atomic mass is 9.87. The van der Waals surface area contributed by atoms with Gasteiger partial charge in [0.05, 0.1) is 5.69 Å². The molecule has 1 saturated heterocycles. The van der Waals surface area contributed by atoms with Crippen LogP contribution in [0.1, 0.15) is 71.7 Å². The number of esters is 1. The Morgan fingerprint density at radius 3 is 2.58 bits per heavy atom. The van der Waals surface area contributed by atoms with Crippen LogP contribution in [0.4, 0.5) is 0 Å². The highest BCUT2D eigenvalue weighted by atomic mass is 16.5. The lowest BCUT2D eigenvalue weighted by Gasteiger charge is -2.35. The van der Waals surface area contributed by atoms with E-state index in [9.17, 15) is 14.4 Å². The van der Waals surface area contributed by atoms with Crippen LogP contribution in [0.5, 0.6) is 0 Å². The lowest BCUT2D eigenvalue weighted by molar-refractivity contribution is -0.157. The first kappa shape index (κ1) is 29.3. The third kappa shape index (κ3) is 6.53. The van der Waals surface area contributed by atoms with E-state index in [1.807, 2.05) is 77.2 Å². The van der Waals surface area contributed by atoms with Crippen LogP contribution in [0.25, 0.3) is 16.8 Å². The first-order valence-electron chi connectivity index (χ1n) is 14.0. The molecule has 0 aliphatic carbocycles. The third-order valence-corrected chi connectivity index (χ3v) is 7.72. The van der Waals surface area contributed by atoms with Gasteiger partial charge in [-0.3, -0.25) is 24.4 Å². The summed E-state index contributed by atoms with van der Waals surface area (Å²) in [6, 6.07) is 5.86. The number of hydrogen-bond acceptors (Lipinski definition) is 7. The van der Waals surface area contributed by atoms with Crippen molar-refractivity contribution in [3.63, 3.8) is 0 Å². The Hall–Kier alpha value is -3.72. The average molecular weight is 548 g/mol. The molecule has 5 bridgehead atoms. The summed E-state index contributed by atoms with van der Waals surface area (Å²) in [5.41, 5.74) is 4.85. The number of aromatic nitrogens is 1. The molecule has 40 heavy (non-hydrogen) atoms. The second-order valence-electron chi connectivity index (χ2n) is 11.7. The molecule has 4 rings (SSSR count). The molecule has 9 nitrogen and oxygen atoms in total. The van der Waals surface area contributed by atoms with Gasteiger partial charge in [-0.15, -0.1) is 0 Å². The smallest absolute Gasteiger partial charge is 0.325 e. The van der Waals surface area contributed by atoms with Crippen molar-refractivity contribution < 1.29 is 19.1 Å². The molecule has 9 heteroatoms. The Labute approximate surface area is 236 Å². The molecule has 2 aromatic rings. The summed E-state index contributed by atoms with van der Waals surface area (Å²) in [5.74, 6) is -1.09. The Morgan fingerprint density at radius 2 is 1.85 bits per heavy atom. The molecular formula is C31H41N5O4. The summed E-state index contributed by atoms with van der Waals surface area (Å²) in [4.78, 5) is 44.2. The number of carbonyl (C=O) groups is 3. The summed E-state index contributed by atoms with van der Waals surface area (Å²) in [7, 11) is 0. The first-order chi connectivity index (χ1) is 18.9. The predicted octanol–water partition coefficient (Wildman–Crippen LogP) is 4.02. The fraction of sp³-hybridized carbons (Fsp3) is 0.484. The zero-order valence-corrected chi connectivity index (χ0v) is 24.3. The maximum absolute atomic E-state index is 13.3. The van der Waals surface area contributed by atoms with Crippen molar-refractivity contribution in [3.05, 3.63) is 60.1 Å². The monoisotopic (exact) mass is 547 g/mol. The number of allylic oxidation sites excluding steroid dienone is 1. The molecule has 3 heterocycles. The van der Waals surface area contributed by atoms with Gasteiger partial charge in [0.1, 0.15) is 24.2 Å².